The Kier molecular flexibility index (Phi) is 6.86. The van der Waals surface area contributed by atoms with Gasteiger partial charge in [-0.15, -0.1) is 0 Å². The first-order valence-electron chi connectivity index (χ1n) is 8.13. The molecular weight excluding hydrogens is 354 g/mol. The average molecular weight is 376 g/mol. The maximum absolute atomic E-state index is 12.2. The summed E-state index contributed by atoms with van der Waals surface area (Å²) in [6.07, 6.45) is 0. The van der Waals surface area contributed by atoms with Gasteiger partial charge in [-0.2, -0.15) is 0 Å². The molecule has 6 nitrogen and oxygen atoms in total. The van der Waals surface area contributed by atoms with Crippen molar-refractivity contribution in [3.8, 4) is 5.75 Å². The minimum atomic E-state index is -0.171. The van der Waals surface area contributed by atoms with Crippen molar-refractivity contribution >= 4 is 34.8 Å². The molecule has 2 aromatic carbocycles. The predicted molar refractivity (Wildman–Crippen MR) is 104 cm³/mol. The number of anilines is 2. The van der Waals surface area contributed by atoms with E-state index in [2.05, 4.69) is 16.0 Å². The van der Waals surface area contributed by atoms with E-state index in [1.807, 2.05) is 19.1 Å². The standard InChI is InChI=1S/C19H22ClN3O3/c1-12(14-4-6-15(20)7-5-14)22-19(25)11-21-17-10-16(23-13(2)24)8-9-18(17)26-3/h4-10,12,21H,11H2,1-3H3,(H,22,25)(H,23,24). The van der Waals surface area contributed by atoms with Crippen LogP contribution >= 0.6 is 11.6 Å². The van der Waals surface area contributed by atoms with Crippen LogP contribution < -0.4 is 20.7 Å². The largest absolute Gasteiger partial charge is 0.495 e. The van der Waals surface area contributed by atoms with Crippen molar-refractivity contribution in [1.29, 1.82) is 0 Å². The van der Waals surface area contributed by atoms with Crippen LogP contribution in [0.2, 0.25) is 5.02 Å². The average Bonchev–Trinajstić information content (AvgIpc) is 2.60. The van der Waals surface area contributed by atoms with Gasteiger partial charge >= 0.3 is 0 Å². The maximum Gasteiger partial charge on any atom is 0.239 e. The number of carbonyl (C=O) groups is 2. The van der Waals surface area contributed by atoms with E-state index in [4.69, 9.17) is 16.3 Å². The minimum absolute atomic E-state index is 0.0673. The highest BCUT2D eigenvalue weighted by Gasteiger charge is 2.11. The molecule has 2 aromatic rings. The first kappa shape index (κ1) is 19.6. The van der Waals surface area contributed by atoms with E-state index in [-0.39, 0.29) is 24.4 Å². The number of hydrogen-bond acceptors (Lipinski definition) is 4. The van der Waals surface area contributed by atoms with Crippen molar-refractivity contribution < 1.29 is 14.3 Å². The summed E-state index contributed by atoms with van der Waals surface area (Å²) in [4.78, 5) is 23.4. The topological polar surface area (TPSA) is 79.5 Å². The van der Waals surface area contributed by atoms with Crippen LogP contribution in [-0.4, -0.2) is 25.5 Å². The van der Waals surface area contributed by atoms with Crippen LogP contribution in [0.15, 0.2) is 42.5 Å². The molecule has 1 unspecified atom stereocenters. The normalized spacial score (nSPS) is 11.4. The number of rotatable bonds is 7. The summed E-state index contributed by atoms with van der Waals surface area (Å²) in [6, 6.07) is 12.4. The Hall–Kier alpha value is -2.73. The van der Waals surface area contributed by atoms with Crippen LogP contribution in [0.25, 0.3) is 0 Å². The van der Waals surface area contributed by atoms with E-state index in [1.165, 1.54) is 6.92 Å². The van der Waals surface area contributed by atoms with Gasteiger partial charge in [0, 0.05) is 17.6 Å². The number of methoxy groups -OCH3 is 1. The van der Waals surface area contributed by atoms with Crippen LogP contribution in [0.3, 0.4) is 0 Å². The van der Waals surface area contributed by atoms with Gasteiger partial charge in [0.2, 0.25) is 11.8 Å². The van der Waals surface area contributed by atoms with E-state index in [0.29, 0.717) is 22.1 Å². The molecule has 0 bridgehead atoms. The van der Waals surface area contributed by atoms with Gasteiger partial charge in [-0.25, -0.2) is 0 Å². The molecule has 0 heterocycles. The second-order valence-corrected chi connectivity index (χ2v) is 6.23. The lowest BCUT2D eigenvalue weighted by Gasteiger charge is -2.16. The molecule has 0 aliphatic rings. The molecular formula is C19H22ClN3O3. The number of ether oxygens (including phenoxy) is 1. The molecule has 0 saturated heterocycles. The van der Waals surface area contributed by atoms with Crippen molar-refractivity contribution in [3.63, 3.8) is 0 Å². The molecule has 0 radical (unpaired) electrons. The Bertz CT molecular complexity index is 778. The number of halogens is 1. The Labute approximate surface area is 157 Å². The molecule has 7 heteroatoms. The summed E-state index contributed by atoms with van der Waals surface area (Å²) in [5.41, 5.74) is 2.21. The highest BCUT2D eigenvalue weighted by atomic mass is 35.5. The van der Waals surface area contributed by atoms with Gasteiger partial charge in [0.05, 0.1) is 25.4 Å². The van der Waals surface area contributed by atoms with E-state index >= 15 is 0 Å². The van der Waals surface area contributed by atoms with E-state index in [1.54, 1.807) is 37.4 Å². The van der Waals surface area contributed by atoms with Crippen LogP contribution in [-0.2, 0) is 9.59 Å². The van der Waals surface area contributed by atoms with Gasteiger partial charge in [0.1, 0.15) is 5.75 Å². The molecule has 1 atom stereocenters. The van der Waals surface area contributed by atoms with Crippen molar-refractivity contribution in [2.45, 2.75) is 19.9 Å². The molecule has 0 saturated carbocycles. The van der Waals surface area contributed by atoms with E-state index in [9.17, 15) is 9.59 Å². The quantitative estimate of drug-likeness (QED) is 0.690. The van der Waals surface area contributed by atoms with Gasteiger partial charge in [-0.1, -0.05) is 23.7 Å². The number of benzene rings is 2. The second-order valence-electron chi connectivity index (χ2n) is 5.79. The Morgan fingerprint density at radius 2 is 1.85 bits per heavy atom. The zero-order valence-corrected chi connectivity index (χ0v) is 15.7. The maximum atomic E-state index is 12.2. The summed E-state index contributed by atoms with van der Waals surface area (Å²) in [5, 5.41) is 9.30. The fourth-order valence-electron chi connectivity index (χ4n) is 2.43. The summed E-state index contributed by atoms with van der Waals surface area (Å²) in [6.45, 7) is 3.40. The zero-order chi connectivity index (χ0) is 19.1. The van der Waals surface area contributed by atoms with E-state index < -0.39 is 0 Å². The molecule has 3 N–H and O–H groups in total. The van der Waals surface area contributed by atoms with Crippen LogP contribution in [0.4, 0.5) is 11.4 Å². The minimum Gasteiger partial charge on any atom is -0.495 e. The third-order valence-electron chi connectivity index (χ3n) is 3.71. The second kappa shape index (κ2) is 9.10. The predicted octanol–water partition coefficient (Wildman–Crippen LogP) is 3.60. The SMILES string of the molecule is COc1ccc(NC(C)=O)cc1NCC(=O)NC(C)c1ccc(Cl)cc1. The highest BCUT2D eigenvalue weighted by Crippen LogP contribution is 2.27. The van der Waals surface area contributed by atoms with Crippen molar-refractivity contribution in [1.82, 2.24) is 5.32 Å². The first-order chi connectivity index (χ1) is 12.4. The number of amides is 2. The fourth-order valence-corrected chi connectivity index (χ4v) is 2.56. The van der Waals surface area contributed by atoms with Crippen LogP contribution in [0, 0.1) is 0 Å². The lowest BCUT2D eigenvalue weighted by Crippen LogP contribution is -2.32. The Morgan fingerprint density at radius 1 is 1.15 bits per heavy atom. The number of nitrogens with one attached hydrogen (secondary N) is 3. The summed E-state index contributed by atoms with van der Waals surface area (Å²) >= 11 is 5.88. The third kappa shape index (κ3) is 5.67. The van der Waals surface area contributed by atoms with Gasteiger partial charge < -0.3 is 20.7 Å². The zero-order valence-electron chi connectivity index (χ0n) is 14.9. The van der Waals surface area contributed by atoms with Crippen LogP contribution in [0.1, 0.15) is 25.5 Å². The summed E-state index contributed by atoms with van der Waals surface area (Å²) in [5.74, 6) is 0.243. The molecule has 2 rings (SSSR count). The number of carbonyl (C=O) groups excluding carboxylic acids is 2. The van der Waals surface area contributed by atoms with Crippen LogP contribution in [0.5, 0.6) is 5.75 Å². The first-order valence-corrected chi connectivity index (χ1v) is 8.51. The lowest BCUT2D eigenvalue weighted by molar-refractivity contribution is -0.120. The Morgan fingerprint density at radius 3 is 2.46 bits per heavy atom. The molecule has 26 heavy (non-hydrogen) atoms. The monoisotopic (exact) mass is 375 g/mol. The summed E-state index contributed by atoms with van der Waals surface area (Å²) < 4.78 is 5.28. The van der Waals surface area contributed by atoms with Crippen molar-refractivity contribution in [3.05, 3.63) is 53.1 Å². The van der Waals surface area contributed by atoms with Crippen molar-refractivity contribution in [2.75, 3.05) is 24.3 Å². The number of hydrogen-bond donors (Lipinski definition) is 3. The highest BCUT2D eigenvalue weighted by molar-refractivity contribution is 6.30. The molecule has 0 fully saturated rings. The van der Waals surface area contributed by atoms with E-state index in [0.717, 1.165) is 5.56 Å². The van der Waals surface area contributed by atoms with Crippen molar-refractivity contribution in [2.24, 2.45) is 0 Å². The molecule has 0 spiro atoms. The lowest BCUT2D eigenvalue weighted by atomic mass is 10.1. The van der Waals surface area contributed by atoms with Gasteiger partial charge in [0.25, 0.3) is 0 Å². The third-order valence-corrected chi connectivity index (χ3v) is 3.96. The van der Waals surface area contributed by atoms with Gasteiger partial charge in [-0.05, 0) is 42.8 Å². The molecule has 0 aliphatic carbocycles. The van der Waals surface area contributed by atoms with Gasteiger partial charge in [0.15, 0.2) is 0 Å². The smallest absolute Gasteiger partial charge is 0.239 e. The molecule has 0 aromatic heterocycles. The molecule has 2 amide bonds. The summed E-state index contributed by atoms with van der Waals surface area (Å²) in [7, 11) is 1.54. The molecule has 138 valence electrons. The fraction of sp³-hybridized carbons (Fsp3) is 0.263. The Balaban J connectivity index is 1.97. The van der Waals surface area contributed by atoms with Gasteiger partial charge in [-0.3, -0.25) is 9.59 Å². The molecule has 0 aliphatic heterocycles.